The van der Waals surface area contributed by atoms with E-state index in [1.807, 2.05) is 115 Å². The van der Waals surface area contributed by atoms with E-state index in [0.29, 0.717) is 42.9 Å². The van der Waals surface area contributed by atoms with Crippen molar-refractivity contribution in [1.82, 2.24) is 4.98 Å². The zero-order valence-corrected chi connectivity index (χ0v) is 20.8. The van der Waals surface area contributed by atoms with Gasteiger partial charge in [-0.1, -0.05) is 91.0 Å². The first-order valence-corrected chi connectivity index (χ1v) is 12.3. The van der Waals surface area contributed by atoms with Crippen molar-refractivity contribution in [2.24, 2.45) is 0 Å². The number of benzene rings is 4. The summed E-state index contributed by atoms with van der Waals surface area (Å²) >= 11 is 0. The molecule has 4 aromatic carbocycles. The number of pyridine rings is 1. The lowest BCUT2D eigenvalue weighted by atomic mass is 10.0. The van der Waals surface area contributed by atoms with Gasteiger partial charge >= 0.3 is 0 Å². The van der Waals surface area contributed by atoms with Crippen LogP contribution in [-0.4, -0.2) is 4.98 Å². The Morgan fingerprint density at radius 3 is 1.71 bits per heavy atom. The Bertz CT molecular complexity index is 1520. The van der Waals surface area contributed by atoms with E-state index in [4.69, 9.17) is 14.2 Å². The highest BCUT2D eigenvalue weighted by atomic mass is 16.5. The largest absolute Gasteiger partial charge is 0.489 e. The van der Waals surface area contributed by atoms with E-state index >= 15 is 0 Å². The lowest BCUT2D eigenvalue weighted by Gasteiger charge is -2.15. The Morgan fingerprint density at radius 1 is 0.579 bits per heavy atom. The Labute approximate surface area is 222 Å². The molecule has 5 heteroatoms. The van der Waals surface area contributed by atoms with Crippen LogP contribution in [0.25, 0.3) is 11.1 Å². The van der Waals surface area contributed by atoms with Gasteiger partial charge in [0, 0.05) is 11.6 Å². The Kier molecular flexibility index (Phi) is 7.93. The van der Waals surface area contributed by atoms with Crippen molar-refractivity contribution in [2.45, 2.75) is 19.8 Å². The van der Waals surface area contributed by atoms with Gasteiger partial charge in [-0.05, 0) is 46.5 Å². The second kappa shape index (κ2) is 12.2. The average Bonchev–Trinajstić information content (AvgIpc) is 2.99. The van der Waals surface area contributed by atoms with Gasteiger partial charge in [0.15, 0.2) is 0 Å². The molecule has 0 radical (unpaired) electrons. The van der Waals surface area contributed by atoms with Gasteiger partial charge in [0.2, 0.25) is 11.8 Å². The van der Waals surface area contributed by atoms with Gasteiger partial charge in [0.1, 0.15) is 25.6 Å². The monoisotopic (exact) mass is 498 g/mol. The first-order valence-electron chi connectivity index (χ1n) is 12.3. The topological polar surface area (TPSA) is 64.4 Å². The molecule has 0 saturated carbocycles. The van der Waals surface area contributed by atoms with Gasteiger partial charge in [-0.25, -0.2) is 0 Å². The third kappa shape index (κ3) is 6.57. The fourth-order valence-corrected chi connectivity index (χ4v) is 3.93. The molecule has 0 fully saturated rings. The van der Waals surface area contributed by atoms with Crippen molar-refractivity contribution in [1.29, 1.82) is 5.26 Å². The van der Waals surface area contributed by atoms with E-state index < -0.39 is 0 Å². The summed E-state index contributed by atoms with van der Waals surface area (Å²) in [6.07, 6.45) is 0. The van der Waals surface area contributed by atoms with Gasteiger partial charge in [-0.3, -0.25) is 0 Å². The minimum Gasteiger partial charge on any atom is -0.489 e. The summed E-state index contributed by atoms with van der Waals surface area (Å²) < 4.78 is 18.2. The van der Waals surface area contributed by atoms with Crippen LogP contribution in [0.5, 0.6) is 17.5 Å². The molecule has 5 rings (SSSR count). The minimum atomic E-state index is 0.346. The number of ether oxygens (including phenoxy) is 3. The average molecular weight is 499 g/mol. The predicted octanol–water partition coefficient (Wildman–Crippen LogP) is 7.36. The summed E-state index contributed by atoms with van der Waals surface area (Å²) in [5.74, 6) is 1.47. The standard InChI is InChI=1S/C33H26N2O3/c34-21-28-18-29(20-30(19-28)36-22-25-10-4-1-5-11-25)31-16-17-32(37-23-26-12-6-2-7-13-26)35-33(31)38-24-27-14-8-3-9-15-27/h1-20H,22-24H2. The van der Waals surface area contributed by atoms with Gasteiger partial charge in [0.25, 0.3) is 0 Å². The molecule has 186 valence electrons. The van der Waals surface area contributed by atoms with Crippen LogP contribution < -0.4 is 14.2 Å². The highest BCUT2D eigenvalue weighted by molar-refractivity contribution is 5.72. The normalized spacial score (nSPS) is 10.4. The van der Waals surface area contributed by atoms with Crippen molar-refractivity contribution in [3.05, 3.63) is 144 Å². The number of aromatic nitrogens is 1. The molecule has 38 heavy (non-hydrogen) atoms. The highest BCUT2D eigenvalue weighted by Gasteiger charge is 2.14. The van der Waals surface area contributed by atoms with Gasteiger partial charge in [-0.15, -0.1) is 0 Å². The molecule has 0 amide bonds. The third-order valence-electron chi connectivity index (χ3n) is 5.88. The van der Waals surface area contributed by atoms with E-state index in [1.54, 1.807) is 6.07 Å². The fraction of sp³-hybridized carbons (Fsp3) is 0.0909. The van der Waals surface area contributed by atoms with Crippen LogP contribution >= 0.6 is 0 Å². The number of hydrogen-bond donors (Lipinski definition) is 0. The minimum absolute atomic E-state index is 0.346. The molecular formula is C33H26N2O3. The number of hydrogen-bond acceptors (Lipinski definition) is 5. The molecule has 1 aromatic heterocycles. The van der Waals surface area contributed by atoms with Crippen LogP contribution in [0.2, 0.25) is 0 Å². The highest BCUT2D eigenvalue weighted by Crippen LogP contribution is 2.34. The molecule has 0 N–H and O–H groups in total. The number of rotatable bonds is 10. The van der Waals surface area contributed by atoms with Crippen molar-refractivity contribution < 1.29 is 14.2 Å². The zero-order valence-electron chi connectivity index (χ0n) is 20.8. The molecule has 0 aliphatic rings. The maximum Gasteiger partial charge on any atom is 0.225 e. The SMILES string of the molecule is N#Cc1cc(OCc2ccccc2)cc(-c2ccc(OCc3ccccc3)nc2OCc2ccccc2)c1. The summed E-state index contributed by atoms with van der Waals surface area (Å²) in [4.78, 5) is 4.69. The lowest BCUT2D eigenvalue weighted by molar-refractivity contribution is 0.268. The van der Waals surface area contributed by atoms with Crippen molar-refractivity contribution in [3.8, 4) is 34.7 Å². The van der Waals surface area contributed by atoms with Gasteiger partial charge in [-0.2, -0.15) is 10.2 Å². The van der Waals surface area contributed by atoms with Gasteiger partial charge < -0.3 is 14.2 Å². The number of nitrogens with zero attached hydrogens (tertiary/aromatic N) is 2. The van der Waals surface area contributed by atoms with Crippen LogP contribution in [0.1, 0.15) is 22.3 Å². The summed E-state index contributed by atoms with van der Waals surface area (Å²) in [6.45, 7) is 1.14. The maximum atomic E-state index is 9.69. The van der Waals surface area contributed by atoms with E-state index in [9.17, 15) is 5.26 Å². The molecule has 1 heterocycles. The summed E-state index contributed by atoms with van der Waals surface area (Å²) in [6, 6.07) is 41.2. The van der Waals surface area contributed by atoms with E-state index in [0.717, 1.165) is 27.8 Å². The molecule has 0 aliphatic heterocycles. The molecule has 0 saturated heterocycles. The summed E-state index contributed by atoms with van der Waals surface area (Å²) in [5.41, 5.74) is 5.13. The molecule has 0 atom stereocenters. The molecule has 0 aliphatic carbocycles. The zero-order chi connectivity index (χ0) is 26.0. The smallest absolute Gasteiger partial charge is 0.225 e. The summed E-state index contributed by atoms with van der Waals surface area (Å²) in [5, 5.41) is 9.69. The van der Waals surface area contributed by atoms with Gasteiger partial charge in [0.05, 0.1) is 11.6 Å². The van der Waals surface area contributed by atoms with Crippen molar-refractivity contribution in [3.63, 3.8) is 0 Å². The van der Waals surface area contributed by atoms with Crippen LogP contribution in [0, 0.1) is 11.3 Å². The molecule has 5 aromatic rings. The second-order valence-electron chi connectivity index (χ2n) is 8.68. The molecule has 0 spiro atoms. The Balaban J connectivity index is 1.44. The Hall–Kier alpha value is -5.08. The maximum absolute atomic E-state index is 9.69. The third-order valence-corrected chi connectivity index (χ3v) is 5.88. The van der Waals surface area contributed by atoms with Crippen molar-refractivity contribution in [2.75, 3.05) is 0 Å². The lowest BCUT2D eigenvalue weighted by Crippen LogP contribution is -2.03. The predicted molar refractivity (Wildman–Crippen MR) is 147 cm³/mol. The first kappa shape index (κ1) is 24.6. The number of nitriles is 1. The van der Waals surface area contributed by atoms with Crippen LogP contribution in [0.4, 0.5) is 0 Å². The second-order valence-corrected chi connectivity index (χ2v) is 8.68. The van der Waals surface area contributed by atoms with Crippen LogP contribution in [0.3, 0.4) is 0 Å². The molecule has 5 nitrogen and oxygen atoms in total. The Morgan fingerprint density at radius 2 is 1.13 bits per heavy atom. The van der Waals surface area contributed by atoms with E-state index in [1.165, 1.54) is 0 Å². The molecular weight excluding hydrogens is 472 g/mol. The molecule has 0 bridgehead atoms. The van der Waals surface area contributed by atoms with Crippen LogP contribution in [0.15, 0.2) is 121 Å². The quantitative estimate of drug-likeness (QED) is 0.201. The molecule has 0 unspecified atom stereocenters. The first-order chi connectivity index (χ1) is 18.8. The van der Waals surface area contributed by atoms with Crippen molar-refractivity contribution >= 4 is 0 Å². The van der Waals surface area contributed by atoms with E-state index in [-0.39, 0.29) is 0 Å². The fourth-order valence-electron chi connectivity index (χ4n) is 3.93. The van der Waals surface area contributed by atoms with E-state index in [2.05, 4.69) is 11.1 Å². The van der Waals surface area contributed by atoms with Crippen LogP contribution in [-0.2, 0) is 19.8 Å². The summed E-state index contributed by atoms with van der Waals surface area (Å²) in [7, 11) is 0.